The monoisotopic (exact) mass is 501 g/mol. The minimum Gasteiger partial charge on any atom is -0.489 e. The molecule has 2 atom stereocenters. The van der Waals surface area contributed by atoms with Gasteiger partial charge in [-0.15, -0.1) is 5.10 Å². The van der Waals surface area contributed by atoms with Gasteiger partial charge in [0.15, 0.2) is 5.82 Å². The van der Waals surface area contributed by atoms with E-state index in [0.29, 0.717) is 43.5 Å². The van der Waals surface area contributed by atoms with Crippen LogP contribution in [0.5, 0.6) is 5.75 Å². The van der Waals surface area contributed by atoms with E-state index >= 15 is 0 Å². The number of hydrogen-bond acceptors (Lipinski definition) is 7. The topological polar surface area (TPSA) is 79.8 Å². The Morgan fingerprint density at radius 2 is 1.97 bits per heavy atom. The number of amides is 1. The lowest BCUT2D eigenvalue weighted by Crippen LogP contribution is -2.58. The average Bonchev–Trinajstić information content (AvgIpc) is 2.88. The van der Waals surface area contributed by atoms with Crippen LogP contribution in [0.2, 0.25) is 0 Å². The molecule has 36 heavy (non-hydrogen) atoms. The van der Waals surface area contributed by atoms with Crippen LogP contribution in [0.1, 0.15) is 36.2 Å². The van der Waals surface area contributed by atoms with Crippen LogP contribution in [-0.4, -0.2) is 60.6 Å². The molecule has 1 saturated heterocycles. The summed E-state index contributed by atoms with van der Waals surface area (Å²) in [5.41, 5.74) is 1.03. The highest BCUT2D eigenvalue weighted by molar-refractivity contribution is 5.97. The van der Waals surface area contributed by atoms with Gasteiger partial charge in [-0.1, -0.05) is 18.2 Å². The highest BCUT2D eigenvalue weighted by atomic mass is 19.3. The summed E-state index contributed by atoms with van der Waals surface area (Å²) >= 11 is 0. The highest BCUT2D eigenvalue weighted by Crippen LogP contribution is 2.41. The molecule has 1 aromatic heterocycles. The van der Waals surface area contributed by atoms with Gasteiger partial charge < -0.3 is 24.6 Å². The second-order valence-corrected chi connectivity index (χ2v) is 8.99. The van der Waals surface area contributed by atoms with Crippen molar-refractivity contribution in [2.24, 2.45) is 0 Å². The fourth-order valence-electron chi connectivity index (χ4n) is 4.89. The van der Waals surface area contributed by atoms with Crippen molar-refractivity contribution in [2.45, 2.75) is 32.4 Å². The molecule has 5 rings (SSSR count). The van der Waals surface area contributed by atoms with Gasteiger partial charge in [0.25, 0.3) is 6.43 Å². The molecule has 2 aromatic carbocycles. The van der Waals surface area contributed by atoms with Crippen LogP contribution in [0.4, 0.5) is 29.5 Å². The second-order valence-electron chi connectivity index (χ2n) is 8.99. The number of alkyl halides is 2. The zero-order chi connectivity index (χ0) is 25.6. The molecule has 0 aliphatic carbocycles. The first-order chi connectivity index (χ1) is 17.3. The Morgan fingerprint density at radius 3 is 2.72 bits per heavy atom. The third-order valence-corrected chi connectivity index (χ3v) is 6.81. The number of fused-ring (bicyclic) bond motifs is 4. The first-order valence-corrected chi connectivity index (χ1v) is 11.6. The van der Waals surface area contributed by atoms with Crippen molar-refractivity contribution >= 4 is 28.4 Å². The Morgan fingerprint density at radius 1 is 1.19 bits per heavy atom. The first-order valence-electron chi connectivity index (χ1n) is 11.6. The Hall–Kier alpha value is -3.76. The molecule has 0 saturated carbocycles. The number of carbonyl (C=O) groups is 1. The van der Waals surface area contributed by atoms with Crippen LogP contribution in [-0.2, 0) is 4.74 Å². The molecular weight excluding hydrogens is 475 g/mol. The fraction of sp³-hybridized carbons (Fsp3) is 0.400. The number of rotatable bonds is 4. The molecule has 1 N–H and O–H groups in total. The number of carbonyl (C=O) groups excluding carboxylic acids is 1. The number of ether oxygens (including phenoxy) is 2. The van der Waals surface area contributed by atoms with Crippen LogP contribution in [0.3, 0.4) is 0 Å². The smallest absolute Gasteiger partial charge is 0.409 e. The maximum atomic E-state index is 14.8. The lowest BCUT2D eigenvalue weighted by molar-refractivity contribution is 0.106. The average molecular weight is 502 g/mol. The Labute approximate surface area is 206 Å². The largest absolute Gasteiger partial charge is 0.489 e. The lowest BCUT2D eigenvalue weighted by atomic mass is 10.0. The summed E-state index contributed by atoms with van der Waals surface area (Å²) in [5.74, 6) is 0.174. The molecule has 2 aliphatic rings. The number of halogens is 3. The summed E-state index contributed by atoms with van der Waals surface area (Å²) in [4.78, 5) is 15.9. The molecule has 11 heteroatoms. The molecule has 3 aromatic rings. The minimum absolute atomic E-state index is 0.0415. The summed E-state index contributed by atoms with van der Waals surface area (Å²) < 4.78 is 52.1. The van der Waals surface area contributed by atoms with Crippen LogP contribution in [0, 0.1) is 12.7 Å². The second kappa shape index (κ2) is 9.36. The van der Waals surface area contributed by atoms with E-state index in [1.54, 1.807) is 11.8 Å². The zero-order valence-electron chi connectivity index (χ0n) is 20.1. The van der Waals surface area contributed by atoms with E-state index in [9.17, 15) is 18.0 Å². The molecule has 2 aliphatic heterocycles. The Balaban J connectivity index is 1.50. The summed E-state index contributed by atoms with van der Waals surface area (Å²) in [6.07, 6.45) is -3.27. The molecular formula is C25H26F3N5O3. The van der Waals surface area contributed by atoms with E-state index in [4.69, 9.17) is 9.47 Å². The van der Waals surface area contributed by atoms with Gasteiger partial charge in [0.05, 0.1) is 36.1 Å². The molecule has 3 heterocycles. The quantitative estimate of drug-likeness (QED) is 0.548. The Kier molecular flexibility index (Phi) is 6.23. The molecule has 0 spiro atoms. The number of methoxy groups -OCH3 is 1. The fourth-order valence-corrected chi connectivity index (χ4v) is 4.89. The van der Waals surface area contributed by atoms with E-state index in [-0.39, 0.29) is 17.7 Å². The predicted molar refractivity (Wildman–Crippen MR) is 128 cm³/mol. The zero-order valence-corrected chi connectivity index (χ0v) is 20.1. The number of aromatic nitrogens is 2. The van der Waals surface area contributed by atoms with E-state index < -0.39 is 23.8 Å². The van der Waals surface area contributed by atoms with Crippen LogP contribution < -0.4 is 15.0 Å². The van der Waals surface area contributed by atoms with Gasteiger partial charge in [-0.25, -0.2) is 18.0 Å². The number of nitrogens with one attached hydrogen (secondary N) is 1. The van der Waals surface area contributed by atoms with Gasteiger partial charge >= 0.3 is 6.09 Å². The van der Waals surface area contributed by atoms with Crippen LogP contribution in [0.25, 0.3) is 10.8 Å². The van der Waals surface area contributed by atoms with Crippen molar-refractivity contribution in [3.05, 3.63) is 53.0 Å². The number of benzene rings is 2. The standard InChI is InChI=1S/C25H26F3N5O3/c1-13(16-5-4-6-17(22(16)26)23(27)28)29-24-19-9-20-21(10-18(19)14(2)30-31-24)36-12-15-11-32(25(34)35-3)7-8-33(15)20/h4-6,9-10,13,15,23H,7-8,11-12H2,1-3H3,(H,29,31)/t13-,15-/m1/s1. The van der Waals surface area contributed by atoms with E-state index in [2.05, 4.69) is 20.4 Å². The molecule has 0 unspecified atom stereocenters. The molecule has 1 amide bonds. The van der Waals surface area contributed by atoms with Gasteiger partial charge in [0.2, 0.25) is 0 Å². The maximum Gasteiger partial charge on any atom is 0.409 e. The van der Waals surface area contributed by atoms with Gasteiger partial charge in [-0.3, -0.25) is 0 Å². The van der Waals surface area contributed by atoms with Gasteiger partial charge in [-0.2, -0.15) is 5.10 Å². The van der Waals surface area contributed by atoms with Gasteiger partial charge in [0.1, 0.15) is 18.2 Å². The number of nitrogens with zero attached hydrogens (tertiary/aromatic N) is 4. The molecule has 1 fully saturated rings. The molecule has 0 bridgehead atoms. The van der Waals surface area contributed by atoms with Gasteiger partial charge in [0, 0.05) is 36.0 Å². The van der Waals surface area contributed by atoms with Crippen LogP contribution >= 0.6 is 0 Å². The molecule has 0 radical (unpaired) electrons. The number of piperazine rings is 1. The van der Waals surface area contributed by atoms with Crippen molar-refractivity contribution in [1.29, 1.82) is 0 Å². The summed E-state index contributed by atoms with van der Waals surface area (Å²) in [7, 11) is 1.36. The van der Waals surface area contributed by atoms with Crippen molar-refractivity contribution in [1.82, 2.24) is 15.1 Å². The molecule has 190 valence electrons. The van der Waals surface area contributed by atoms with Crippen molar-refractivity contribution in [3.8, 4) is 5.75 Å². The lowest BCUT2D eigenvalue weighted by Gasteiger charge is -2.45. The SMILES string of the molecule is COC(=O)N1CCN2c3cc4c(N[C@H](C)c5cccc(C(F)F)c5F)nnc(C)c4cc3OC[C@H]2C1. The minimum atomic E-state index is -2.91. The third kappa shape index (κ3) is 4.12. The predicted octanol–water partition coefficient (Wildman–Crippen LogP) is 4.84. The van der Waals surface area contributed by atoms with E-state index in [1.165, 1.54) is 19.2 Å². The third-order valence-electron chi connectivity index (χ3n) is 6.81. The van der Waals surface area contributed by atoms with E-state index in [0.717, 1.165) is 22.5 Å². The van der Waals surface area contributed by atoms with Crippen molar-refractivity contribution in [2.75, 3.05) is 43.6 Å². The van der Waals surface area contributed by atoms with E-state index in [1.807, 2.05) is 19.1 Å². The first kappa shape index (κ1) is 24.0. The summed E-state index contributed by atoms with van der Waals surface area (Å²) in [6, 6.07) is 7.15. The normalized spacial score (nSPS) is 17.9. The van der Waals surface area contributed by atoms with Crippen molar-refractivity contribution < 1.29 is 27.4 Å². The summed E-state index contributed by atoms with van der Waals surface area (Å²) in [6.45, 7) is 5.53. The maximum absolute atomic E-state index is 14.8. The van der Waals surface area contributed by atoms with Gasteiger partial charge in [-0.05, 0) is 26.0 Å². The Bertz CT molecular complexity index is 1320. The highest BCUT2D eigenvalue weighted by Gasteiger charge is 2.35. The number of anilines is 2. The molecule has 8 nitrogen and oxygen atoms in total. The number of hydrogen-bond donors (Lipinski definition) is 1. The number of aryl methyl sites for hydroxylation is 1. The van der Waals surface area contributed by atoms with Crippen LogP contribution in [0.15, 0.2) is 30.3 Å². The van der Waals surface area contributed by atoms with Crippen molar-refractivity contribution in [3.63, 3.8) is 0 Å². The summed E-state index contributed by atoms with van der Waals surface area (Å²) in [5, 5.41) is 13.3.